The van der Waals surface area contributed by atoms with Gasteiger partial charge in [-0.2, -0.15) is 11.8 Å². The standard InChI is InChI=1S/C13H22N2O4S/c1-14(9-13(19)4-2-3-5-13)12(18)15-6-7-20-8-10(15)11(16)17/h10,19H,2-9H2,1H3,(H,16,17). The third-order valence-corrected chi connectivity index (χ3v) is 5.07. The molecule has 7 heteroatoms. The molecule has 1 aliphatic heterocycles. The summed E-state index contributed by atoms with van der Waals surface area (Å²) in [5.41, 5.74) is -0.798. The maximum absolute atomic E-state index is 12.4. The Morgan fingerprint density at radius 2 is 2.05 bits per heavy atom. The molecule has 0 spiro atoms. The molecule has 2 rings (SSSR count). The summed E-state index contributed by atoms with van der Waals surface area (Å²) in [6.07, 6.45) is 3.39. The molecular formula is C13H22N2O4S. The number of aliphatic hydroxyl groups is 1. The van der Waals surface area contributed by atoms with Crippen LogP contribution >= 0.6 is 11.8 Å². The number of urea groups is 1. The second-order valence-electron chi connectivity index (χ2n) is 5.69. The Morgan fingerprint density at radius 3 is 2.65 bits per heavy atom. The summed E-state index contributed by atoms with van der Waals surface area (Å²) in [5, 5.41) is 19.6. The van der Waals surface area contributed by atoms with E-state index >= 15 is 0 Å². The SMILES string of the molecule is CN(CC1(O)CCCC1)C(=O)N1CCSCC1C(=O)O. The molecule has 1 saturated heterocycles. The van der Waals surface area contributed by atoms with Gasteiger partial charge >= 0.3 is 12.0 Å². The number of thioether (sulfide) groups is 1. The van der Waals surface area contributed by atoms with Crippen LogP contribution in [0.3, 0.4) is 0 Å². The molecule has 0 aromatic heterocycles. The number of carbonyl (C=O) groups is 2. The molecule has 1 aliphatic carbocycles. The van der Waals surface area contributed by atoms with E-state index in [-0.39, 0.29) is 12.6 Å². The van der Waals surface area contributed by atoms with Crippen molar-refractivity contribution in [2.24, 2.45) is 0 Å². The quantitative estimate of drug-likeness (QED) is 0.807. The molecule has 1 atom stereocenters. The summed E-state index contributed by atoms with van der Waals surface area (Å²) in [5.74, 6) is 0.228. The zero-order valence-corrected chi connectivity index (χ0v) is 12.6. The van der Waals surface area contributed by atoms with Crippen LogP contribution < -0.4 is 0 Å². The van der Waals surface area contributed by atoms with E-state index in [0.29, 0.717) is 25.1 Å². The fraction of sp³-hybridized carbons (Fsp3) is 0.846. The van der Waals surface area contributed by atoms with E-state index in [1.807, 2.05) is 0 Å². The third-order valence-electron chi connectivity index (χ3n) is 4.05. The predicted molar refractivity (Wildman–Crippen MR) is 76.9 cm³/mol. The molecule has 1 saturated carbocycles. The highest BCUT2D eigenvalue weighted by Crippen LogP contribution is 2.30. The largest absolute Gasteiger partial charge is 0.480 e. The van der Waals surface area contributed by atoms with Gasteiger partial charge in [-0.25, -0.2) is 9.59 Å². The van der Waals surface area contributed by atoms with E-state index in [1.165, 1.54) is 9.80 Å². The van der Waals surface area contributed by atoms with Crippen LogP contribution in [0.5, 0.6) is 0 Å². The first-order valence-corrected chi connectivity index (χ1v) is 8.13. The van der Waals surface area contributed by atoms with Crippen LogP contribution in [0.2, 0.25) is 0 Å². The molecule has 0 aromatic carbocycles. The van der Waals surface area contributed by atoms with Crippen molar-refractivity contribution >= 4 is 23.8 Å². The van der Waals surface area contributed by atoms with Crippen molar-refractivity contribution in [3.8, 4) is 0 Å². The Labute approximate surface area is 123 Å². The topological polar surface area (TPSA) is 81.1 Å². The van der Waals surface area contributed by atoms with Crippen LogP contribution in [0, 0.1) is 0 Å². The molecule has 0 aromatic rings. The smallest absolute Gasteiger partial charge is 0.327 e. The average molecular weight is 302 g/mol. The zero-order valence-electron chi connectivity index (χ0n) is 11.7. The van der Waals surface area contributed by atoms with Gasteiger partial charge in [-0.15, -0.1) is 0 Å². The highest BCUT2D eigenvalue weighted by atomic mass is 32.2. The molecule has 2 amide bonds. The third kappa shape index (κ3) is 3.38. The Hall–Kier alpha value is -0.950. The number of hydrogen-bond acceptors (Lipinski definition) is 4. The fourth-order valence-electron chi connectivity index (χ4n) is 2.96. The van der Waals surface area contributed by atoms with Gasteiger partial charge in [0.2, 0.25) is 0 Å². The Balaban J connectivity index is 1.99. The summed E-state index contributed by atoms with van der Waals surface area (Å²) in [6, 6.07) is -1.06. The number of carboxylic acid groups (broad SMARTS) is 1. The molecule has 114 valence electrons. The number of amides is 2. The molecule has 2 N–H and O–H groups in total. The van der Waals surface area contributed by atoms with Crippen molar-refractivity contribution in [1.29, 1.82) is 0 Å². The predicted octanol–water partition coefficient (Wildman–Crippen LogP) is 0.845. The van der Waals surface area contributed by atoms with Crippen LogP contribution in [-0.2, 0) is 4.79 Å². The normalized spacial score (nSPS) is 25.5. The monoisotopic (exact) mass is 302 g/mol. The van der Waals surface area contributed by atoms with Gasteiger partial charge in [-0.3, -0.25) is 0 Å². The maximum Gasteiger partial charge on any atom is 0.327 e. The van der Waals surface area contributed by atoms with Crippen molar-refractivity contribution in [3.63, 3.8) is 0 Å². The van der Waals surface area contributed by atoms with Crippen LogP contribution in [-0.4, -0.2) is 75.3 Å². The Kier molecular flexibility index (Phi) is 4.80. The number of hydrogen-bond donors (Lipinski definition) is 2. The van der Waals surface area contributed by atoms with E-state index in [9.17, 15) is 19.8 Å². The molecular weight excluding hydrogens is 280 g/mol. The lowest BCUT2D eigenvalue weighted by Crippen LogP contribution is -2.56. The maximum atomic E-state index is 12.4. The number of likely N-dealkylation sites (N-methyl/N-ethyl adjacent to an activating group) is 1. The fourth-order valence-corrected chi connectivity index (χ4v) is 4.00. The highest BCUT2D eigenvalue weighted by Gasteiger charge is 2.38. The first-order valence-electron chi connectivity index (χ1n) is 6.98. The van der Waals surface area contributed by atoms with Crippen molar-refractivity contribution in [1.82, 2.24) is 9.80 Å². The van der Waals surface area contributed by atoms with Crippen LogP contribution in [0.15, 0.2) is 0 Å². The second kappa shape index (κ2) is 6.22. The van der Waals surface area contributed by atoms with Gasteiger partial charge in [0.25, 0.3) is 0 Å². The molecule has 2 aliphatic rings. The summed E-state index contributed by atoms with van der Waals surface area (Å²) >= 11 is 1.55. The molecule has 1 unspecified atom stereocenters. The van der Waals surface area contributed by atoms with E-state index in [0.717, 1.165) is 18.6 Å². The summed E-state index contributed by atoms with van der Waals surface area (Å²) in [7, 11) is 1.64. The number of carboxylic acids is 1. The van der Waals surface area contributed by atoms with Gasteiger partial charge in [-0.05, 0) is 12.8 Å². The molecule has 6 nitrogen and oxygen atoms in total. The first-order chi connectivity index (χ1) is 9.43. The molecule has 0 radical (unpaired) electrons. The second-order valence-corrected chi connectivity index (χ2v) is 6.84. The van der Waals surface area contributed by atoms with Crippen LogP contribution in [0.25, 0.3) is 0 Å². The Bertz CT molecular complexity index is 385. The van der Waals surface area contributed by atoms with Gasteiger partial charge in [0.1, 0.15) is 6.04 Å². The van der Waals surface area contributed by atoms with E-state index in [4.69, 9.17) is 0 Å². The zero-order chi connectivity index (χ0) is 14.8. The first kappa shape index (κ1) is 15.4. The van der Waals surface area contributed by atoms with Gasteiger partial charge in [0.15, 0.2) is 0 Å². The average Bonchev–Trinajstić information content (AvgIpc) is 2.84. The Morgan fingerprint density at radius 1 is 1.40 bits per heavy atom. The van der Waals surface area contributed by atoms with E-state index < -0.39 is 17.6 Å². The van der Waals surface area contributed by atoms with Gasteiger partial charge in [-0.1, -0.05) is 12.8 Å². The molecule has 0 bridgehead atoms. The van der Waals surface area contributed by atoms with Gasteiger partial charge in [0.05, 0.1) is 12.1 Å². The summed E-state index contributed by atoms with van der Waals surface area (Å²) in [4.78, 5) is 26.5. The van der Waals surface area contributed by atoms with Gasteiger partial charge < -0.3 is 20.0 Å². The summed E-state index contributed by atoms with van der Waals surface area (Å²) < 4.78 is 0. The minimum absolute atomic E-state index is 0.280. The van der Waals surface area contributed by atoms with Crippen LogP contribution in [0.4, 0.5) is 4.79 Å². The van der Waals surface area contributed by atoms with E-state index in [2.05, 4.69) is 0 Å². The lowest BCUT2D eigenvalue weighted by atomic mass is 10.0. The molecule has 20 heavy (non-hydrogen) atoms. The lowest BCUT2D eigenvalue weighted by molar-refractivity contribution is -0.141. The van der Waals surface area contributed by atoms with Crippen molar-refractivity contribution in [3.05, 3.63) is 0 Å². The minimum atomic E-state index is -0.960. The van der Waals surface area contributed by atoms with Gasteiger partial charge in [0, 0.05) is 25.1 Å². The number of carbonyl (C=O) groups excluding carboxylic acids is 1. The number of rotatable bonds is 3. The molecule has 1 heterocycles. The van der Waals surface area contributed by atoms with Crippen molar-refractivity contribution in [2.45, 2.75) is 37.3 Å². The van der Waals surface area contributed by atoms with Crippen LogP contribution in [0.1, 0.15) is 25.7 Å². The minimum Gasteiger partial charge on any atom is -0.480 e. The van der Waals surface area contributed by atoms with E-state index in [1.54, 1.807) is 18.8 Å². The van der Waals surface area contributed by atoms with Crippen molar-refractivity contribution < 1.29 is 19.8 Å². The summed E-state index contributed by atoms with van der Waals surface area (Å²) in [6.45, 7) is 0.727. The molecule has 2 fully saturated rings. The lowest BCUT2D eigenvalue weighted by Gasteiger charge is -2.37. The number of aliphatic carboxylic acids is 1. The highest BCUT2D eigenvalue weighted by molar-refractivity contribution is 7.99. The number of nitrogens with zero attached hydrogens (tertiary/aromatic N) is 2. The van der Waals surface area contributed by atoms with Crippen molar-refractivity contribution in [2.75, 3.05) is 31.6 Å².